The normalized spacial score (nSPS) is 16.5. The van der Waals surface area contributed by atoms with E-state index in [2.05, 4.69) is 5.32 Å². The molecule has 2 nitrogen and oxygen atoms in total. The predicted octanol–water partition coefficient (Wildman–Crippen LogP) is 1.67. The molecule has 0 amide bonds. The third-order valence-corrected chi connectivity index (χ3v) is 2.46. The van der Waals surface area contributed by atoms with E-state index in [1.807, 2.05) is 12.1 Å². The Balaban J connectivity index is 2.49. The number of fused-ring (bicyclic) bond motifs is 1. The molecule has 68 valence electrons. The molecule has 0 aromatic heterocycles. The molecule has 1 heterocycles. The predicted molar refractivity (Wildman–Crippen MR) is 52.4 cm³/mol. The first-order valence-electron chi connectivity index (χ1n) is 4.30. The summed E-state index contributed by atoms with van der Waals surface area (Å²) < 4.78 is 0. The first kappa shape index (κ1) is 8.73. The number of rotatable bonds is 0. The molecule has 0 radical (unpaired) electrons. The van der Waals surface area contributed by atoms with Gasteiger partial charge in [0.05, 0.1) is 6.54 Å². The Kier molecular flexibility index (Phi) is 2.34. The van der Waals surface area contributed by atoms with Crippen molar-refractivity contribution >= 4 is 17.4 Å². The maximum Gasteiger partial charge on any atom is 0.176 e. The van der Waals surface area contributed by atoms with E-state index in [4.69, 9.17) is 11.6 Å². The fraction of sp³-hybridized carbons (Fsp3) is 0.300. The zero-order chi connectivity index (χ0) is 9.26. The summed E-state index contributed by atoms with van der Waals surface area (Å²) in [6.07, 6.45) is 0.901. The topological polar surface area (TPSA) is 29.1 Å². The van der Waals surface area contributed by atoms with Gasteiger partial charge in [0, 0.05) is 10.6 Å². The molecular weight excluding hydrogens is 186 g/mol. The SMILES string of the molecule is O=C1CNCCc2ccc(Cl)cc21. The first-order valence-corrected chi connectivity index (χ1v) is 4.67. The maximum absolute atomic E-state index is 11.5. The van der Waals surface area contributed by atoms with Crippen molar-refractivity contribution in [1.29, 1.82) is 0 Å². The molecule has 2 rings (SSSR count). The van der Waals surface area contributed by atoms with Crippen LogP contribution in [-0.4, -0.2) is 18.9 Å². The van der Waals surface area contributed by atoms with Crippen molar-refractivity contribution in [2.75, 3.05) is 13.1 Å². The van der Waals surface area contributed by atoms with Gasteiger partial charge in [0.1, 0.15) is 0 Å². The number of carbonyl (C=O) groups excluding carboxylic acids is 1. The van der Waals surface area contributed by atoms with Crippen LogP contribution in [0.3, 0.4) is 0 Å². The summed E-state index contributed by atoms with van der Waals surface area (Å²) in [6.45, 7) is 1.29. The molecule has 3 heteroatoms. The van der Waals surface area contributed by atoms with Crippen LogP contribution in [0.15, 0.2) is 18.2 Å². The Morgan fingerprint density at radius 3 is 3.08 bits per heavy atom. The van der Waals surface area contributed by atoms with Crippen LogP contribution in [0.4, 0.5) is 0 Å². The molecule has 1 aliphatic rings. The lowest BCUT2D eigenvalue weighted by Gasteiger charge is -2.03. The second-order valence-electron chi connectivity index (χ2n) is 3.15. The van der Waals surface area contributed by atoms with Crippen molar-refractivity contribution in [3.63, 3.8) is 0 Å². The van der Waals surface area contributed by atoms with Crippen LogP contribution >= 0.6 is 11.6 Å². The van der Waals surface area contributed by atoms with Gasteiger partial charge in [0.15, 0.2) is 5.78 Å². The van der Waals surface area contributed by atoms with Gasteiger partial charge < -0.3 is 5.32 Å². The lowest BCUT2D eigenvalue weighted by Crippen LogP contribution is -2.21. The first-order chi connectivity index (χ1) is 6.27. The summed E-state index contributed by atoms with van der Waals surface area (Å²) in [5, 5.41) is 3.70. The minimum atomic E-state index is 0.134. The van der Waals surface area contributed by atoms with Gasteiger partial charge in [-0.05, 0) is 30.7 Å². The molecule has 1 aliphatic heterocycles. The lowest BCUT2D eigenvalue weighted by molar-refractivity contribution is 0.0994. The molecule has 0 saturated carbocycles. The highest BCUT2D eigenvalue weighted by Gasteiger charge is 2.14. The number of Topliss-reactive ketones (excluding diaryl/α,β-unsaturated/α-hetero) is 1. The fourth-order valence-electron chi connectivity index (χ4n) is 1.55. The molecule has 1 aromatic carbocycles. The molecule has 0 bridgehead atoms. The minimum absolute atomic E-state index is 0.134. The minimum Gasteiger partial charge on any atom is -0.309 e. The van der Waals surface area contributed by atoms with Crippen molar-refractivity contribution in [2.24, 2.45) is 0 Å². The van der Waals surface area contributed by atoms with Crippen LogP contribution in [0.1, 0.15) is 15.9 Å². The van der Waals surface area contributed by atoms with Crippen LogP contribution < -0.4 is 5.32 Å². The van der Waals surface area contributed by atoms with Crippen LogP contribution in [0, 0.1) is 0 Å². The summed E-state index contributed by atoms with van der Waals surface area (Å²) in [5.74, 6) is 0.134. The van der Waals surface area contributed by atoms with Crippen molar-refractivity contribution < 1.29 is 4.79 Å². The molecule has 0 aliphatic carbocycles. The molecule has 0 unspecified atom stereocenters. The molecule has 0 fully saturated rings. The molecular formula is C10H10ClNO. The monoisotopic (exact) mass is 195 g/mol. The van der Waals surface area contributed by atoms with Gasteiger partial charge in [-0.3, -0.25) is 4.79 Å². The summed E-state index contributed by atoms with van der Waals surface area (Å²) in [6, 6.07) is 5.52. The van der Waals surface area contributed by atoms with Crippen LogP contribution in [0.2, 0.25) is 5.02 Å². The van der Waals surface area contributed by atoms with E-state index in [9.17, 15) is 4.79 Å². The lowest BCUT2D eigenvalue weighted by atomic mass is 10.0. The molecule has 1 N–H and O–H groups in total. The Labute approximate surface area is 81.9 Å². The van der Waals surface area contributed by atoms with Crippen molar-refractivity contribution in [2.45, 2.75) is 6.42 Å². The Hall–Kier alpha value is -0.860. The second-order valence-corrected chi connectivity index (χ2v) is 3.59. The number of hydrogen-bond acceptors (Lipinski definition) is 2. The second kappa shape index (κ2) is 3.48. The van der Waals surface area contributed by atoms with E-state index in [1.165, 1.54) is 0 Å². The highest BCUT2D eigenvalue weighted by Crippen LogP contribution is 2.18. The van der Waals surface area contributed by atoms with E-state index in [0.717, 1.165) is 24.1 Å². The number of carbonyl (C=O) groups is 1. The van der Waals surface area contributed by atoms with Gasteiger partial charge in [-0.1, -0.05) is 17.7 Å². The van der Waals surface area contributed by atoms with Crippen molar-refractivity contribution in [3.05, 3.63) is 34.3 Å². The quantitative estimate of drug-likeness (QED) is 0.683. The Morgan fingerprint density at radius 2 is 2.23 bits per heavy atom. The van der Waals surface area contributed by atoms with Crippen LogP contribution in [0.5, 0.6) is 0 Å². The van der Waals surface area contributed by atoms with Crippen molar-refractivity contribution in [1.82, 2.24) is 5.32 Å². The average Bonchev–Trinajstić information content (AvgIpc) is 2.29. The summed E-state index contributed by atoms with van der Waals surface area (Å²) in [5.41, 5.74) is 1.87. The number of halogens is 1. The van der Waals surface area contributed by atoms with E-state index in [-0.39, 0.29) is 5.78 Å². The maximum atomic E-state index is 11.5. The summed E-state index contributed by atoms with van der Waals surface area (Å²) >= 11 is 5.82. The number of nitrogens with one attached hydrogen (secondary N) is 1. The largest absolute Gasteiger partial charge is 0.309 e. The Morgan fingerprint density at radius 1 is 1.38 bits per heavy atom. The van der Waals surface area contributed by atoms with Gasteiger partial charge >= 0.3 is 0 Å². The van der Waals surface area contributed by atoms with Crippen LogP contribution in [0.25, 0.3) is 0 Å². The van der Waals surface area contributed by atoms with E-state index < -0.39 is 0 Å². The van der Waals surface area contributed by atoms with E-state index in [0.29, 0.717) is 11.6 Å². The molecule has 0 atom stereocenters. The third kappa shape index (κ3) is 1.74. The summed E-state index contributed by atoms with van der Waals surface area (Å²) in [7, 11) is 0. The highest BCUT2D eigenvalue weighted by atomic mass is 35.5. The van der Waals surface area contributed by atoms with Gasteiger partial charge in [-0.15, -0.1) is 0 Å². The van der Waals surface area contributed by atoms with Gasteiger partial charge in [0.2, 0.25) is 0 Å². The molecule has 13 heavy (non-hydrogen) atoms. The standard InChI is InChI=1S/C10H10ClNO/c11-8-2-1-7-3-4-12-6-10(13)9(7)5-8/h1-2,5,12H,3-4,6H2. The third-order valence-electron chi connectivity index (χ3n) is 2.23. The number of benzene rings is 1. The van der Waals surface area contributed by atoms with Gasteiger partial charge in [-0.25, -0.2) is 0 Å². The zero-order valence-corrected chi connectivity index (χ0v) is 7.90. The van der Waals surface area contributed by atoms with Crippen LogP contribution in [-0.2, 0) is 6.42 Å². The average molecular weight is 196 g/mol. The Bertz CT molecular complexity index is 349. The van der Waals surface area contributed by atoms with E-state index >= 15 is 0 Å². The number of hydrogen-bond donors (Lipinski definition) is 1. The summed E-state index contributed by atoms with van der Waals surface area (Å²) in [4.78, 5) is 11.5. The smallest absolute Gasteiger partial charge is 0.176 e. The van der Waals surface area contributed by atoms with E-state index in [1.54, 1.807) is 6.07 Å². The highest BCUT2D eigenvalue weighted by molar-refractivity contribution is 6.31. The van der Waals surface area contributed by atoms with Gasteiger partial charge in [0.25, 0.3) is 0 Å². The zero-order valence-electron chi connectivity index (χ0n) is 7.14. The molecule has 1 aromatic rings. The number of ketones is 1. The fourth-order valence-corrected chi connectivity index (χ4v) is 1.72. The van der Waals surface area contributed by atoms with Gasteiger partial charge in [-0.2, -0.15) is 0 Å². The molecule has 0 saturated heterocycles. The molecule has 0 spiro atoms. The van der Waals surface area contributed by atoms with Crippen molar-refractivity contribution in [3.8, 4) is 0 Å².